The smallest absolute Gasteiger partial charge is 0.224 e. The van der Waals surface area contributed by atoms with Gasteiger partial charge in [-0.3, -0.25) is 0 Å². The van der Waals surface area contributed by atoms with Crippen molar-refractivity contribution in [2.24, 2.45) is 0 Å². The lowest BCUT2D eigenvalue weighted by atomic mass is 10.1. The van der Waals surface area contributed by atoms with E-state index < -0.39 is 14.6 Å². The Bertz CT molecular complexity index is 752. The minimum atomic E-state index is -3.19. The number of aromatic nitrogens is 2. The summed E-state index contributed by atoms with van der Waals surface area (Å²) in [6, 6.07) is 2.14. The van der Waals surface area contributed by atoms with E-state index in [-0.39, 0.29) is 22.6 Å². The maximum absolute atomic E-state index is 12.9. The minimum Gasteiger partial charge on any atom is -0.377 e. The number of ether oxygens (including phenoxy) is 1. The van der Waals surface area contributed by atoms with E-state index in [1.165, 1.54) is 0 Å². The van der Waals surface area contributed by atoms with Crippen molar-refractivity contribution in [3.8, 4) is 0 Å². The van der Waals surface area contributed by atoms with Crippen LogP contribution in [0.2, 0.25) is 5.28 Å². The lowest BCUT2D eigenvalue weighted by molar-refractivity contribution is 0.0752. The van der Waals surface area contributed by atoms with Crippen LogP contribution in [0.15, 0.2) is 6.07 Å². The molecule has 1 aromatic rings. The van der Waals surface area contributed by atoms with Gasteiger partial charge in [0.25, 0.3) is 0 Å². The van der Waals surface area contributed by atoms with Gasteiger partial charge in [-0.05, 0) is 51.1 Å². The second kappa shape index (κ2) is 5.54. The van der Waals surface area contributed by atoms with Crippen molar-refractivity contribution in [3.63, 3.8) is 0 Å². The Morgan fingerprint density at radius 1 is 1.21 bits per heavy atom. The first-order valence-corrected chi connectivity index (χ1v) is 10.4. The summed E-state index contributed by atoms with van der Waals surface area (Å²) >= 11 is 6.17. The Morgan fingerprint density at radius 3 is 2.38 bits per heavy atom. The Kier molecular flexibility index (Phi) is 3.82. The first-order chi connectivity index (χ1) is 11.3. The summed E-state index contributed by atoms with van der Waals surface area (Å²) in [6.45, 7) is 5.37. The van der Waals surface area contributed by atoms with Crippen molar-refractivity contribution in [2.75, 3.05) is 18.1 Å². The first kappa shape index (κ1) is 16.5. The van der Waals surface area contributed by atoms with Crippen LogP contribution in [0.4, 0.5) is 5.82 Å². The second-order valence-electron chi connectivity index (χ2n) is 7.26. The molecule has 8 heteroatoms. The molecule has 24 heavy (non-hydrogen) atoms. The molecule has 3 aliphatic rings. The van der Waals surface area contributed by atoms with Gasteiger partial charge in [0.05, 0.1) is 36.2 Å². The van der Waals surface area contributed by atoms with Gasteiger partial charge in [-0.2, -0.15) is 0 Å². The van der Waals surface area contributed by atoms with E-state index >= 15 is 0 Å². The molecule has 2 atom stereocenters. The molecule has 0 spiro atoms. The topological polar surface area (TPSA) is 72.4 Å². The van der Waals surface area contributed by atoms with Crippen LogP contribution in [0.5, 0.6) is 0 Å². The van der Waals surface area contributed by atoms with Crippen LogP contribution in [0.3, 0.4) is 0 Å². The van der Waals surface area contributed by atoms with Crippen LogP contribution in [-0.4, -0.2) is 48.9 Å². The highest BCUT2D eigenvalue weighted by molar-refractivity contribution is 7.93. The molecule has 2 unspecified atom stereocenters. The van der Waals surface area contributed by atoms with Gasteiger partial charge in [0, 0.05) is 6.07 Å². The second-order valence-corrected chi connectivity index (χ2v) is 10.1. The molecule has 0 aromatic carbocycles. The Hall–Kier alpha value is -0.920. The molecular formula is C16H22ClN3O3S. The van der Waals surface area contributed by atoms with Gasteiger partial charge in [0.1, 0.15) is 10.6 Å². The Morgan fingerprint density at radius 2 is 1.83 bits per heavy atom. The van der Waals surface area contributed by atoms with Crippen LogP contribution in [0, 0.1) is 0 Å². The van der Waals surface area contributed by atoms with Crippen LogP contribution >= 0.6 is 11.6 Å². The molecule has 6 nitrogen and oxygen atoms in total. The number of sulfone groups is 1. The third-order valence-electron chi connectivity index (χ3n) is 5.30. The summed E-state index contributed by atoms with van der Waals surface area (Å²) < 4.78 is 30.5. The summed E-state index contributed by atoms with van der Waals surface area (Å²) in [5.74, 6) is 0.700. The van der Waals surface area contributed by atoms with E-state index in [2.05, 4.69) is 28.7 Å². The summed E-state index contributed by atoms with van der Waals surface area (Å²) in [5.41, 5.74) is 0.565. The van der Waals surface area contributed by atoms with E-state index in [0.29, 0.717) is 37.6 Å². The summed E-state index contributed by atoms with van der Waals surface area (Å²) in [4.78, 5) is 10.8. The molecule has 132 valence electrons. The van der Waals surface area contributed by atoms with Crippen molar-refractivity contribution >= 4 is 27.3 Å². The van der Waals surface area contributed by atoms with E-state index in [4.69, 9.17) is 16.3 Å². The fraction of sp³-hybridized carbons (Fsp3) is 0.750. The quantitative estimate of drug-likeness (QED) is 0.756. The van der Waals surface area contributed by atoms with Gasteiger partial charge in [-0.1, -0.05) is 0 Å². The predicted molar refractivity (Wildman–Crippen MR) is 92.1 cm³/mol. The number of rotatable bonds is 4. The SMILES string of the molecule is CC1COCC(C)N1c1cc(C2(S(=O)(=O)C3CC3)CC2)nc(Cl)n1. The molecule has 1 aliphatic heterocycles. The van der Waals surface area contributed by atoms with Crippen LogP contribution in [0.1, 0.15) is 45.2 Å². The number of hydrogen-bond donors (Lipinski definition) is 0. The lowest BCUT2D eigenvalue weighted by Gasteiger charge is -2.39. The Balaban J connectivity index is 1.75. The molecule has 4 rings (SSSR count). The van der Waals surface area contributed by atoms with Gasteiger partial charge < -0.3 is 9.64 Å². The maximum Gasteiger partial charge on any atom is 0.224 e. The molecule has 3 fully saturated rings. The van der Waals surface area contributed by atoms with Gasteiger partial charge in [0.15, 0.2) is 9.84 Å². The number of morpholine rings is 1. The zero-order valence-corrected chi connectivity index (χ0v) is 15.5. The minimum absolute atomic E-state index is 0.116. The van der Waals surface area contributed by atoms with Gasteiger partial charge >= 0.3 is 0 Å². The zero-order chi connectivity index (χ0) is 17.1. The zero-order valence-electron chi connectivity index (χ0n) is 13.9. The molecule has 2 saturated carbocycles. The van der Waals surface area contributed by atoms with Crippen LogP contribution in [0.25, 0.3) is 0 Å². The number of anilines is 1. The monoisotopic (exact) mass is 371 g/mol. The molecule has 0 radical (unpaired) electrons. The Labute approximate surface area is 147 Å². The summed E-state index contributed by atoms with van der Waals surface area (Å²) in [7, 11) is -3.19. The lowest BCUT2D eigenvalue weighted by Crippen LogP contribution is -2.50. The van der Waals surface area contributed by atoms with Gasteiger partial charge in [-0.25, -0.2) is 18.4 Å². The first-order valence-electron chi connectivity index (χ1n) is 8.50. The fourth-order valence-electron chi connectivity index (χ4n) is 3.72. The molecule has 0 amide bonds. The van der Waals surface area contributed by atoms with Crippen molar-refractivity contribution in [1.82, 2.24) is 9.97 Å². The third kappa shape index (κ3) is 2.52. The molecule has 1 saturated heterocycles. The van der Waals surface area contributed by atoms with Crippen LogP contribution in [-0.2, 0) is 19.3 Å². The fourth-order valence-corrected chi connectivity index (χ4v) is 6.36. The molecule has 2 aliphatic carbocycles. The molecular weight excluding hydrogens is 350 g/mol. The van der Waals surface area contributed by atoms with E-state index in [9.17, 15) is 8.42 Å². The number of halogens is 1. The van der Waals surface area contributed by atoms with E-state index in [1.54, 1.807) is 0 Å². The summed E-state index contributed by atoms with van der Waals surface area (Å²) in [5, 5.41) is -0.0795. The number of hydrogen-bond acceptors (Lipinski definition) is 6. The normalized spacial score (nSPS) is 29.5. The van der Waals surface area contributed by atoms with Gasteiger partial charge in [0.2, 0.25) is 5.28 Å². The highest BCUT2D eigenvalue weighted by Crippen LogP contribution is 2.57. The van der Waals surface area contributed by atoms with Crippen molar-refractivity contribution in [2.45, 2.75) is 61.6 Å². The van der Waals surface area contributed by atoms with E-state index in [0.717, 1.165) is 12.8 Å². The van der Waals surface area contributed by atoms with Crippen LogP contribution < -0.4 is 4.90 Å². The third-order valence-corrected chi connectivity index (χ3v) is 8.52. The van der Waals surface area contributed by atoms with Gasteiger partial charge in [-0.15, -0.1) is 0 Å². The number of nitrogens with zero attached hydrogens (tertiary/aromatic N) is 3. The summed E-state index contributed by atoms with van der Waals surface area (Å²) in [6.07, 6.45) is 2.81. The standard InChI is InChI=1S/C16H22ClN3O3S/c1-10-8-23-9-11(2)20(10)14-7-13(18-15(17)19-14)16(5-6-16)24(21,22)12-3-4-12/h7,10-12H,3-6,8-9H2,1-2H3. The molecule has 0 bridgehead atoms. The maximum atomic E-state index is 12.9. The largest absolute Gasteiger partial charge is 0.377 e. The average Bonchev–Trinajstić information content (AvgIpc) is 3.38. The highest BCUT2D eigenvalue weighted by Gasteiger charge is 2.61. The van der Waals surface area contributed by atoms with Crippen molar-refractivity contribution < 1.29 is 13.2 Å². The van der Waals surface area contributed by atoms with Crippen molar-refractivity contribution in [1.29, 1.82) is 0 Å². The highest BCUT2D eigenvalue weighted by atomic mass is 35.5. The van der Waals surface area contributed by atoms with E-state index in [1.807, 2.05) is 6.07 Å². The average molecular weight is 372 g/mol. The van der Waals surface area contributed by atoms with Crippen molar-refractivity contribution in [3.05, 3.63) is 17.0 Å². The predicted octanol–water partition coefficient (Wildman–Crippen LogP) is 2.31. The molecule has 0 N–H and O–H groups in total. The molecule has 2 heterocycles. The molecule has 1 aromatic heterocycles.